The summed E-state index contributed by atoms with van der Waals surface area (Å²) in [6, 6.07) is 16.7. The number of pyridine rings is 1. The Morgan fingerprint density at radius 2 is 2.05 bits per heavy atom. The summed E-state index contributed by atoms with van der Waals surface area (Å²) < 4.78 is 7.76. The number of fused-ring (bicyclic) bond motifs is 1. The molecule has 5 rings (SSSR count). The largest absolute Gasteiger partial charge is 0.376 e. The smallest absolute Gasteiger partial charge is 0.252 e. The number of benzene rings is 2. The van der Waals surface area contributed by atoms with Gasteiger partial charge < -0.3 is 9.72 Å². The maximum absolute atomic E-state index is 13.2. The molecule has 0 bridgehead atoms. The molecule has 0 amide bonds. The van der Waals surface area contributed by atoms with Gasteiger partial charge in [0.2, 0.25) is 0 Å². The van der Waals surface area contributed by atoms with E-state index in [2.05, 4.69) is 69.6 Å². The Morgan fingerprint density at radius 3 is 2.84 bits per heavy atom. The van der Waals surface area contributed by atoms with Gasteiger partial charge in [-0.15, -0.1) is 5.10 Å². The van der Waals surface area contributed by atoms with Crippen LogP contribution in [0.3, 0.4) is 0 Å². The first-order valence-electron chi connectivity index (χ1n) is 13.3. The van der Waals surface area contributed by atoms with Gasteiger partial charge in [-0.25, -0.2) is 4.68 Å². The van der Waals surface area contributed by atoms with Crippen molar-refractivity contribution in [1.82, 2.24) is 30.1 Å². The number of hydrogen-bond donors (Lipinski definition) is 1. The Kier molecular flexibility index (Phi) is 7.76. The van der Waals surface area contributed by atoms with Crippen molar-refractivity contribution in [2.75, 3.05) is 13.2 Å². The van der Waals surface area contributed by atoms with Crippen molar-refractivity contribution in [2.45, 2.75) is 71.7 Å². The number of aromatic nitrogens is 5. The second-order valence-corrected chi connectivity index (χ2v) is 10.2. The van der Waals surface area contributed by atoms with Crippen LogP contribution in [0.1, 0.15) is 60.3 Å². The maximum Gasteiger partial charge on any atom is 0.252 e. The Labute approximate surface area is 217 Å². The van der Waals surface area contributed by atoms with E-state index < -0.39 is 0 Å². The maximum atomic E-state index is 13.2. The highest BCUT2D eigenvalue weighted by Crippen LogP contribution is 2.26. The second-order valence-electron chi connectivity index (χ2n) is 10.2. The minimum Gasteiger partial charge on any atom is -0.376 e. The lowest BCUT2D eigenvalue weighted by atomic mass is 10.0. The van der Waals surface area contributed by atoms with E-state index >= 15 is 0 Å². The van der Waals surface area contributed by atoms with Gasteiger partial charge in [0.1, 0.15) is 0 Å². The Morgan fingerprint density at radius 1 is 1.19 bits per heavy atom. The van der Waals surface area contributed by atoms with Crippen LogP contribution in [0.15, 0.2) is 53.3 Å². The van der Waals surface area contributed by atoms with Crippen molar-refractivity contribution >= 4 is 10.9 Å². The number of ether oxygens (including phenoxy) is 1. The average Bonchev–Trinajstić information content (AvgIpc) is 3.57. The normalized spacial score (nSPS) is 16.6. The molecule has 1 aliphatic heterocycles. The lowest BCUT2D eigenvalue weighted by Gasteiger charge is -2.30. The number of nitrogens with one attached hydrogen (secondary N) is 1. The minimum absolute atomic E-state index is 0.0335. The molecule has 2 aromatic carbocycles. The molecule has 2 aromatic heterocycles. The van der Waals surface area contributed by atoms with E-state index in [0.29, 0.717) is 13.1 Å². The van der Waals surface area contributed by atoms with Crippen LogP contribution in [-0.4, -0.2) is 49.3 Å². The molecular formula is C29H36N6O2. The monoisotopic (exact) mass is 500 g/mol. The van der Waals surface area contributed by atoms with Crippen LogP contribution in [0.2, 0.25) is 0 Å². The minimum atomic E-state index is -0.0452. The molecule has 1 saturated heterocycles. The quantitative estimate of drug-likeness (QED) is 0.345. The van der Waals surface area contributed by atoms with Gasteiger partial charge in [-0.2, -0.15) is 0 Å². The number of nitrogens with zero attached hydrogens (tertiary/aromatic N) is 5. The van der Waals surface area contributed by atoms with E-state index in [1.54, 1.807) is 0 Å². The molecule has 1 fully saturated rings. The molecule has 8 nitrogen and oxygen atoms in total. The zero-order valence-electron chi connectivity index (χ0n) is 22.0. The van der Waals surface area contributed by atoms with Crippen LogP contribution < -0.4 is 5.56 Å². The van der Waals surface area contributed by atoms with Crippen LogP contribution in [0.4, 0.5) is 0 Å². The first-order valence-corrected chi connectivity index (χ1v) is 13.3. The Hall–Kier alpha value is -3.36. The molecule has 0 aliphatic carbocycles. The van der Waals surface area contributed by atoms with Gasteiger partial charge in [0.05, 0.1) is 24.2 Å². The van der Waals surface area contributed by atoms with E-state index in [9.17, 15) is 4.79 Å². The average molecular weight is 501 g/mol. The summed E-state index contributed by atoms with van der Waals surface area (Å²) in [7, 11) is 0. The van der Waals surface area contributed by atoms with E-state index in [1.165, 1.54) is 11.1 Å². The molecule has 1 N–H and O–H groups in total. The molecule has 37 heavy (non-hydrogen) atoms. The van der Waals surface area contributed by atoms with Gasteiger partial charge >= 0.3 is 0 Å². The zero-order valence-corrected chi connectivity index (χ0v) is 22.0. The summed E-state index contributed by atoms with van der Waals surface area (Å²) in [5, 5.41) is 13.9. The van der Waals surface area contributed by atoms with Crippen LogP contribution in [0.5, 0.6) is 0 Å². The molecule has 0 spiro atoms. The topological polar surface area (TPSA) is 88.9 Å². The number of para-hydroxylation sites is 1. The number of hydrogen-bond acceptors (Lipinski definition) is 6. The van der Waals surface area contributed by atoms with Crippen LogP contribution in [0.25, 0.3) is 10.9 Å². The van der Waals surface area contributed by atoms with Gasteiger partial charge in [0.15, 0.2) is 5.82 Å². The van der Waals surface area contributed by atoms with Gasteiger partial charge in [-0.1, -0.05) is 55.0 Å². The number of aryl methyl sites for hydroxylation is 2. The summed E-state index contributed by atoms with van der Waals surface area (Å²) in [5.41, 5.74) is 5.20. The predicted molar refractivity (Wildman–Crippen MR) is 144 cm³/mol. The molecule has 0 saturated carbocycles. The first kappa shape index (κ1) is 25.3. The third-order valence-electron chi connectivity index (χ3n) is 7.39. The van der Waals surface area contributed by atoms with Gasteiger partial charge in [0, 0.05) is 25.3 Å². The molecule has 1 aliphatic rings. The summed E-state index contributed by atoms with van der Waals surface area (Å²) in [5.74, 6) is 0.829. The van der Waals surface area contributed by atoms with Crippen molar-refractivity contribution in [3.63, 3.8) is 0 Å². The fraction of sp³-hybridized carbons (Fsp3) is 0.448. The highest BCUT2D eigenvalue weighted by Gasteiger charge is 2.27. The van der Waals surface area contributed by atoms with Crippen LogP contribution in [-0.2, 0) is 24.2 Å². The molecule has 0 unspecified atom stereocenters. The fourth-order valence-corrected chi connectivity index (χ4v) is 5.42. The summed E-state index contributed by atoms with van der Waals surface area (Å²) in [6.45, 7) is 9.03. The molecule has 2 atom stereocenters. The number of H-pyrrole nitrogens is 1. The molecule has 8 heteroatoms. The van der Waals surface area contributed by atoms with Gasteiger partial charge in [0.25, 0.3) is 5.56 Å². The number of rotatable bonds is 10. The molecule has 4 aromatic rings. The van der Waals surface area contributed by atoms with E-state index in [1.807, 2.05) is 29.8 Å². The molecule has 194 valence electrons. The van der Waals surface area contributed by atoms with E-state index in [0.717, 1.165) is 66.7 Å². The molecule has 3 heterocycles. The van der Waals surface area contributed by atoms with Gasteiger partial charge in [-0.05, 0) is 72.5 Å². The third-order valence-corrected chi connectivity index (χ3v) is 7.39. The predicted octanol–water partition coefficient (Wildman–Crippen LogP) is 4.51. The SMILES string of the molecule is CC[C@H](c1nnnn1C[C@@H]1CCCO1)N(CCc1cccc(C)c1)Cc1cc2cccc(C)c2[nH]c1=O. The van der Waals surface area contributed by atoms with E-state index in [-0.39, 0.29) is 17.7 Å². The standard InChI is InChI=1S/C29H36N6O2/c1-4-26(28-31-32-33-35(28)19-25-12-7-15-37-25)34(14-13-22-10-5-8-20(2)16-22)18-24-17-23-11-6-9-21(3)27(23)30-29(24)36/h5-6,8-11,16-17,25-26H,4,7,12-15,18-19H2,1-3H3,(H,30,36)/t25-,26+/m0/s1. The third kappa shape index (κ3) is 5.81. The second kappa shape index (κ2) is 11.4. The van der Waals surface area contributed by atoms with Crippen molar-refractivity contribution in [3.05, 3.63) is 87.0 Å². The van der Waals surface area contributed by atoms with Crippen LogP contribution >= 0.6 is 0 Å². The summed E-state index contributed by atoms with van der Waals surface area (Å²) >= 11 is 0. The highest BCUT2D eigenvalue weighted by molar-refractivity contribution is 5.81. The molecule has 0 radical (unpaired) electrons. The van der Waals surface area contributed by atoms with Gasteiger partial charge in [-0.3, -0.25) is 9.69 Å². The zero-order chi connectivity index (χ0) is 25.8. The first-order chi connectivity index (χ1) is 18.0. The highest BCUT2D eigenvalue weighted by atomic mass is 16.5. The van der Waals surface area contributed by atoms with Crippen molar-refractivity contribution in [2.24, 2.45) is 0 Å². The Bertz CT molecular complexity index is 1410. The van der Waals surface area contributed by atoms with Crippen molar-refractivity contribution in [1.29, 1.82) is 0 Å². The lowest BCUT2D eigenvalue weighted by molar-refractivity contribution is 0.0893. The summed E-state index contributed by atoms with van der Waals surface area (Å²) in [4.78, 5) is 18.7. The van der Waals surface area contributed by atoms with Crippen molar-refractivity contribution < 1.29 is 4.74 Å². The summed E-state index contributed by atoms with van der Waals surface area (Å²) in [6.07, 6.45) is 3.94. The number of aromatic amines is 1. The van der Waals surface area contributed by atoms with Crippen molar-refractivity contribution in [3.8, 4) is 0 Å². The van der Waals surface area contributed by atoms with E-state index in [4.69, 9.17) is 4.74 Å². The molecular weight excluding hydrogens is 464 g/mol. The number of tetrazole rings is 1. The van der Waals surface area contributed by atoms with Crippen LogP contribution in [0, 0.1) is 13.8 Å². The Balaban J connectivity index is 1.47. The lowest BCUT2D eigenvalue weighted by Crippen LogP contribution is -2.34. The fourth-order valence-electron chi connectivity index (χ4n) is 5.42.